The van der Waals surface area contributed by atoms with E-state index in [1.807, 2.05) is 25.1 Å². The summed E-state index contributed by atoms with van der Waals surface area (Å²) in [6.07, 6.45) is 0.876. The summed E-state index contributed by atoms with van der Waals surface area (Å²) in [5.74, 6) is -1.21. The second-order valence-electron chi connectivity index (χ2n) is 4.36. The number of anilines is 1. The van der Waals surface area contributed by atoms with Crippen molar-refractivity contribution in [2.45, 2.75) is 13.3 Å². The fraction of sp³-hybridized carbons (Fsp3) is 0.357. The molecule has 0 aromatic heterocycles. The summed E-state index contributed by atoms with van der Waals surface area (Å²) in [5.41, 5.74) is 6.88. The molecule has 1 rings (SSSR count). The zero-order valence-corrected chi connectivity index (χ0v) is 11.9. The van der Waals surface area contributed by atoms with Crippen LogP contribution in [0.5, 0.6) is 0 Å². The van der Waals surface area contributed by atoms with Crippen molar-refractivity contribution in [3.63, 3.8) is 0 Å². The van der Waals surface area contributed by atoms with Crippen molar-refractivity contribution in [3.05, 3.63) is 29.8 Å². The van der Waals surface area contributed by atoms with Crippen molar-refractivity contribution in [3.8, 4) is 0 Å². The van der Waals surface area contributed by atoms with Crippen LogP contribution in [0.3, 0.4) is 0 Å². The van der Waals surface area contributed by atoms with E-state index in [-0.39, 0.29) is 25.5 Å². The summed E-state index contributed by atoms with van der Waals surface area (Å²) in [7, 11) is 0. The lowest BCUT2D eigenvalue weighted by atomic mass is 10.1. The molecule has 0 unspecified atom stereocenters. The molecule has 7 nitrogen and oxygen atoms in total. The Labute approximate surface area is 123 Å². The van der Waals surface area contributed by atoms with E-state index in [9.17, 15) is 14.4 Å². The largest absolute Gasteiger partial charge is 0.346 e. The average Bonchev–Trinajstić information content (AvgIpc) is 2.50. The quantitative estimate of drug-likeness (QED) is 0.536. The zero-order chi connectivity index (χ0) is 15.7. The molecule has 0 bridgehead atoms. The van der Waals surface area contributed by atoms with E-state index < -0.39 is 11.8 Å². The Kier molecular flexibility index (Phi) is 6.90. The third-order valence-electron chi connectivity index (χ3n) is 2.70. The van der Waals surface area contributed by atoms with Crippen LogP contribution in [0.15, 0.2) is 24.3 Å². The predicted molar refractivity (Wildman–Crippen MR) is 79.5 cm³/mol. The van der Waals surface area contributed by atoms with E-state index >= 15 is 0 Å². The molecular formula is C14H20N4O3. The second kappa shape index (κ2) is 8.70. The molecule has 0 aliphatic carbocycles. The number of rotatable bonds is 7. The third-order valence-corrected chi connectivity index (χ3v) is 2.70. The van der Waals surface area contributed by atoms with Crippen LogP contribution in [-0.4, -0.2) is 37.4 Å². The van der Waals surface area contributed by atoms with E-state index in [1.165, 1.54) is 0 Å². The van der Waals surface area contributed by atoms with E-state index in [4.69, 9.17) is 5.73 Å². The van der Waals surface area contributed by atoms with Crippen LogP contribution < -0.4 is 21.7 Å². The molecule has 7 heteroatoms. The van der Waals surface area contributed by atoms with E-state index in [0.29, 0.717) is 5.69 Å². The summed E-state index contributed by atoms with van der Waals surface area (Å²) in [5, 5.41) is 7.40. The molecule has 114 valence electrons. The molecule has 1 aromatic rings. The molecule has 21 heavy (non-hydrogen) atoms. The molecule has 0 radical (unpaired) electrons. The minimum Gasteiger partial charge on any atom is -0.346 e. The van der Waals surface area contributed by atoms with E-state index in [1.54, 1.807) is 6.07 Å². The summed E-state index contributed by atoms with van der Waals surface area (Å²) in [6, 6.07) is 7.48. The van der Waals surface area contributed by atoms with Gasteiger partial charge in [0, 0.05) is 5.69 Å². The number of carbonyl (C=O) groups excluding carboxylic acids is 3. The summed E-state index contributed by atoms with van der Waals surface area (Å²) >= 11 is 0. The minimum atomic E-state index is -0.450. The van der Waals surface area contributed by atoms with E-state index in [2.05, 4.69) is 16.0 Å². The first kappa shape index (κ1) is 16.6. The molecule has 5 N–H and O–H groups in total. The lowest BCUT2D eigenvalue weighted by molar-refractivity contribution is -0.126. The van der Waals surface area contributed by atoms with Gasteiger partial charge in [-0.3, -0.25) is 14.4 Å². The molecule has 0 saturated carbocycles. The highest BCUT2D eigenvalue weighted by atomic mass is 16.2. The van der Waals surface area contributed by atoms with Crippen molar-refractivity contribution in [1.82, 2.24) is 10.6 Å². The number of carbonyl (C=O) groups is 3. The zero-order valence-electron chi connectivity index (χ0n) is 11.9. The van der Waals surface area contributed by atoms with Gasteiger partial charge in [-0.1, -0.05) is 19.1 Å². The first-order valence-electron chi connectivity index (χ1n) is 6.67. The molecule has 0 fully saturated rings. The molecule has 0 heterocycles. The maximum absolute atomic E-state index is 11.7. The van der Waals surface area contributed by atoms with Crippen molar-refractivity contribution >= 4 is 23.4 Å². The first-order valence-corrected chi connectivity index (χ1v) is 6.67. The van der Waals surface area contributed by atoms with E-state index in [0.717, 1.165) is 12.0 Å². The molecule has 0 saturated heterocycles. The predicted octanol–water partition coefficient (Wildman–Crippen LogP) is -0.621. The van der Waals surface area contributed by atoms with Crippen molar-refractivity contribution < 1.29 is 14.4 Å². The van der Waals surface area contributed by atoms with Gasteiger partial charge in [-0.2, -0.15) is 0 Å². The number of amides is 3. The fourth-order valence-electron chi connectivity index (χ4n) is 1.57. The average molecular weight is 292 g/mol. The monoisotopic (exact) mass is 292 g/mol. The van der Waals surface area contributed by atoms with Gasteiger partial charge in [-0.05, 0) is 24.1 Å². The van der Waals surface area contributed by atoms with Crippen LogP contribution >= 0.6 is 0 Å². The van der Waals surface area contributed by atoms with Gasteiger partial charge in [0.1, 0.15) is 0 Å². The Morgan fingerprint density at radius 1 is 1.05 bits per heavy atom. The van der Waals surface area contributed by atoms with Gasteiger partial charge in [0.25, 0.3) is 0 Å². The molecule has 0 aliphatic rings. The van der Waals surface area contributed by atoms with Gasteiger partial charge in [-0.15, -0.1) is 0 Å². The highest BCUT2D eigenvalue weighted by Crippen LogP contribution is 2.10. The van der Waals surface area contributed by atoms with Crippen molar-refractivity contribution in [2.75, 3.05) is 25.0 Å². The summed E-state index contributed by atoms with van der Waals surface area (Å²) in [6.45, 7) is 1.49. The minimum absolute atomic E-state index is 0.159. The third kappa shape index (κ3) is 6.53. The fourth-order valence-corrected chi connectivity index (χ4v) is 1.57. The molecule has 0 aliphatic heterocycles. The Hall–Kier alpha value is -2.41. The molecule has 1 aromatic carbocycles. The highest BCUT2D eigenvalue weighted by molar-refractivity contribution is 5.95. The van der Waals surface area contributed by atoms with Crippen molar-refractivity contribution in [1.29, 1.82) is 0 Å². The van der Waals surface area contributed by atoms with Gasteiger partial charge in [0.05, 0.1) is 19.6 Å². The van der Waals surface area contributed by atoms with Gasteiger partial charge in [0.2, 0.25) is 17.7 Å². The van der Waals surface area contributed by atoms with Crippen LogP contribution in [0, 0.1) is 0 Å². The maximum atomic E-state index is 11.7. The molecule has 0 atom stereocenters. The number of benzene rings is 1. The number of nitrogens with one attached hydrogen (secondary N) is 3. The second-order valence-corrected chi connectivity index (χ2v) is 4.36. The molecular weight excluding hydrogens is 272 g/mol. The number of hydrogen-bond donors (Lipinski definition) is 4. The van der Waals surface area contributed by atoms with Gasteiger partial charge >= 0.3 is 0 Å². The molecule has 0 spiro atoms. The normalized spacial score (nSPS) is 9.81. The highest BCUT2D eigenvalue weighted by Gasteiger charge is 2.07. The lowest BCUT2D eigenvalue weighted by Gasteiger charge is -2.08. The van der Waals surface area contributed by atoms with Crippen LogP contribution in [0.25, 0.3) is 0 Å². The van der Waals surface area contributed by atoms with Gasteiger partial charge in [0.15, 0.2) is 0 Å². The first-order chi connectivity index (χ1) is 10.0. The standard InChI is InChI=1S/C14H20N4O3/c1-2-10-4-3-5-11(6-10)18-14(21)9-17-13(20)8-16-12(19)7-15/h3-6H,2,7-9,15H2,1H3,(H,16,19)(H,17,20)(H,18,21). The van der Waals surface area contributed by atoms with Gasteiger partial charge in [-0.25, -0.2) is 0 Å². The Morgan fingerprint density at radius 2 is 1.71 bits per heavy atom. The van der Waals surface area contributed by atoms with Gasteiger partial charge < -0.3 is 21.7 Å². The Bertz CT molecular complexity index is 517. The van der Waals surface area contributed by atoms with Crippen LogP contribution in [0.4, 0.5) is 5.69 Å². The number of nitrogens with two attached hydrogens (primary N) is 1. The van der Waals surface area contributed by atoms with Crippen LogP contribution in [0.1, 0.15) is 12.5 Å². The lowest BCUT2D eigenvalue weighted by Crippen LogP contribution is -2.41. The topological polar surface area (TPSA) is 113 Å². The number of aryl methyl sites for hydroxylation is 1. The summed E-state index contributed by atoms with van der Waals surface area (Å²) in [4.78, 5) is 33.9. The maximum Gasteiger partial charge on any atom is 0.243 e. The van der Waals surface area contributed by atoms with Crippen LogP contribution in [0.2, 0.25) is 0 Å². The SMILES string of the molecule is CCc1cccc(NC(=O)CNC(=O)CNC(=O)CN)c1. The number of hydrogen-bond acceptors (Lipinski definition) is 4. The summed E-state index contributed by atoms with van der Waals surface area (Å²) < 4.78 is 0. The Morgan fingerprint density at radius 3 is 2.38 bits per heavy atom. The Balaban J connectivity index is 2.33. The van der Waals surface area contributed by atoms with Crippen LogP contribution in [-0.2, 0) is 20.8 Å². The smallest absolute Gasteiger partial charge is 0.243 e. The molecule has 3 amide bonds. The van der Waals surface area contributed by atoms with Crippen molar-refractivity contribution in [2.24, 2.45) is 5.73 Å².